The molecule has 0 bridgehead atoms. The number of nitrogens with one attached hydrogen (secondary N) is 1. The first kappa shape index (κ1) is 22.8. The van der Waals surface area contributed by atoms with Crippen molar-refractivity contribution in [2.24, 2.45) is 0 Å². The molecule has 0 saturated heterocycles. The number of benzene rings is 1. The van der Waals surface area contributed by atoms with Gasteiger partial charge in [0.15, 0.2) is 5.78 Å². The third kappa shape index (κ3) is 4.53. The van der Waals surface area contributed by atoms with E-state index in [1.165, 1.54) is 4.88 Å². The van der Waals surface area contributed by atoms with Crippen molar-refractivity contribution >= 4 is 34.7 Å². The van der Waals surface area contributed by atoms with E-state index in [9.17, 15) is 9.59 Å². The van der Waals surface area contributed by atoms with Crippen LogP contribution >= 0.6 is 22.9 Å². The summed E-state index contributed by atoms with van der Waals surface area (Å²) in [6, 6.07) is 11.5. The van der Waals surface area contributed by atoms with Crippen LogP contribution in [0.3, 0.4) is 0 Å². The van der Waals surface area contributed by atoms with Gasteiger partial charge in [0.05, 0.1) is 12.2 Å². The van der Waals surface area contributed by atoms with Crippen LogP contribution in [0.4, 0.5) is 0 Å². The van der Waals surface area contributed by atoms with Crippen LogP contribution in [0.1, 0.15) is 49.0 Å². The van der Waals surface area contributed by atoms with Crippen LogP contribution in [0.2, 0.25) is 5.02 Å². The van der Waals surface area contributed by atoms with Crippen molar-refractivity contribution in [1.82, 2.24) is 5.32 Å². The Bertz CT molecular complexity index is 1070. The molecule has 1 N–H and O–H groups in total. The van der Waals surface area contributed by atoms with Gasteiger partial charge in [-0.1, -0.05) is 35.9 Å². The van der Waals surface area contributed by atoms with Crippen molar-refractivity contribution in [3.8, 4) is 0 Å². The summed E-state index contributed by atoms with van der Waals surface area (Å²) in [6.07, 6.45) is 1.13. The molecule has 2 atom stereocenters. The molecule has 0 spiro atoms. The third-order valence-electron chi connectivity index (χ3n) is 5.87. The molecule has 1 aliphatic heterocycles. The van der Waals surface area contributed by atoms with Gasteiger partial charge in [-0.05, 0) is 43.3 Å². The Kier molecular flexibility index (Phi) is 7.13. The van der Waals surface area contributed by atoms with Crippen molar-refractivity contribution in [1.29, 1.82) is 0 Å². The number of thiophene rings is 1. The van der Waals surface area contributed by atoms with E-state index in [4.69, 9.17) is 21.1 Å². The lowest BCUT2D eigenvalue weighted by atomic mass is 9.72. The van der Waals surface area contributed by atoms with Gasteiger partial charge in [-0.2, -0.15) is 0 Å². The Hall–Kier alpha value is -2.41. The first-order valence-electron chi connectivity index (χ1n) is 10.8. The normalized spacial score (nSPS) is 20.8. The lowest BCUT2D eigenvalue weighted by Gasteiger charge is -2.36. The predicted octanol–water partition coefficient (Wildman–Crippen LogP) is 5.34. The smallest absolute Gasteiger partial charge is 0.336 e. The van der Waals surface area contributed by atoms with E-state index in [2.05, 4.69) is 11.4 Å². The Labute approximate surface area is 197 Å². The number of halogens is 1. The summed E-state index contributed by atoms with van der Waals surface area (Å²) in [7, 11) is 0. The van der Waals surface area contributed by atoms with Crippen molar-refractivity contribution < 1.29 is 19.1 Å². The SMILES string of the molecule is CCOCCOC(=O)C1=C(C)NC2=C(C(=O)CC(c3cccs3)C2)C1c1ccccc1Cl. The zero-order chi connectivity index (χ0) is 22.7. The molecule has 1 aromatic carbocycles. The van der Waals surface area contributed by atoms with E-state index in [1.54, 1.807) is 17.4 Å². The summed E-state index contributed by atoms with van der Waals surface area (Å²) in [6.45, 7) is 4.78. The highest BCUT2D eigenvalue weighted by Gasteiger charge is 2.42. The number of ether oxygens (including phenoxy) is 2. The van der Waals surface area contributed by atoms with E-state index in [0.717, 1.165) is 11.3 Å². The number of allylic oxidation sites excluding steroid dienone is 3. The van der Waals surface area contributed by atoms with Gasteiger partial charge in [-0.15, -0.1) is 11.3 Å². The minimum Gasteiger partial charge on any atom is -0.460 e. The fourth-order valence-electron chi connectivity index (χ4n) is 4.47. The number of rotatable bonds is 7. The summed E-state index contributed by atoms with van der Waals surface area (Å²) >= 11 is 8.23. The number of hydrogen-bond acceptors (Lipinski definition) is 6. The second-order valence-electron chi connectivity index (χ2n) is 7.89. The lowest BCUT2D eigenvalue weighted by molar-refractivity contribution is -0.140. The van der Waals surface area contributed by atoms with E-state index in [0.29, 0.717) is 47.9 Å². The van der Waals surface area contributed by atoms with Gasteiger partial charge in [-0.25, -0.2) is 4.79 Å². The Morgan fingerprint density at radius 3 is 2.72 bits per heavy atom. The topological polar surface area (TPSA) is 64.6 Å². The number of carbonyl (C=O) groups is 2. The first-order valence-corrected chi connectivity index (χ1v) is 12.0. The highest BCUT2D eigenvalue weighted by Crippen LogP contribution is 2.47. The van der Waals surface area contributed by atoms with Crippen molar-refractivity contribution in [2.45, 2.75) is 38.5 Å². The molecular weight excluding hydrogens is 446 g/mol. The van der Waals surface area contributed by atoms with Crippen LogP contribution < -0.4 is 5.32 Å². The summed E-state index contributed by atoms with van der Waals surface area (Å²) < 4.78 is 10.8. The maximum absolute atomic E-state index is 13.5. The van der Waals surface area contributed by atoms with Gasteiger partial charge >= 0.3 is 5.97 Å². The Balaban J connectivity index is 1.73. The minimum atomic E-state index is -0.559. The summed E-state index contributed by atoms with van der Waals surface area (Å²) in [5.74, 6) is -0.849. The molecule has 2 aromatic rings. The lowest BCUT2D eigenvalue weighted by Crippen LogP contribution is -2.36. The van der Waals surface area contributed by atoms with Crippen molar-refractivity contribution in [2.75, 3.05) is 19.8 Å². The van der Waals surface area contributed by atoms with E-state index in [-0.39, 0.29) is 18.3 Å². The van der Waals surface area contributed by atoms with Crippen LogP contribution in [0, 0.1) is 0 Å². The first-order chi connectivity index (χ1) is 15.5. The molecule has 2 aliphatic rings. The molecule has 5 nitrogen and oxygen atoms in total. The van der Waals surface area contributed by atoms with Crippen LogP contribution in [0.25, 0.3) is 0 Å². The number of Topliss-reactive ketones (excluding diaryl/α,β-unsaturated/α-hetero) is 1. The summed E-state index contributed by atoms with van der Waals surface area (Å²) in [4.78, 5) is 27.8. The number of carbonyl (C=O) groups excluding carboxylic acids is 2. The Morgan fingerprint density at radius 1 is 1.19 bits per heavy atom. The largest absolute Gasteiger partial charge is 0.460 e. The zero-order valence-corrected chi connectivity index (χ0v) is 19.7. The molecule has 168 valence electrons. The van der Waals surface area contributed by atoms with E-state index in [1.807, 2.05) is 43.5 Å². The molecule has 32 heavy (non-hydrogen) atoms. The molecule has 0 amide bonds. The average molecular weight is 472 g/mol. The maximum Gasteiger partial charge on any atom is 0.336 e. The zero-order valence-electron chi connectivity index (χ0n) is 18.2. The number of hydrogen-bond donors (Lipinski definition) is 1. The third-order valence-corrected chi connectivity index (χ3v) is 7.25. The average Bonchev–Trinajstić information content (AvgIpc) is 3.31. The van der Waals surface area contributed by atoms with Gasteiger partial charge in [0.25, 0.3) is 0 Å². The van der Waals surface area contributed by atoms with Crippen molar-refractivity contribution in [3.63, 3.8) is 0 Å². The summed E-state index contributed by atoms with van der Waals surface area (Å²) in [5, 5.41) is 5.91. The maximum atomic E-state index is 13.5. The van der Waals surface area contributed by atoms with E-state index >= 15 is 0 Å². The highest BCUT2D eigenvalue weighted by atomic mass is 35.5. The molecule has 0 radical (unpaired) electrons. The summed E-state index contributed by atoms with van der Waals surface area (Å²) in [5.41, 5.74) is 3.34. The molecular formula is C25H26ClNO4S. The molecule has 7 heteroatoms. The molecule has 2 heterocycles. The molecule has 0 saturated carbocycles. The highest BCUT2D eigenvalue weighted by molar-refractivity contribution is 7.10. The van der Waals surface area contributed by atoms with Gasteiger partial charge in [-0.3, -0.25) is 4.79 Å². The van der Waals surface area contributed by atoms with Crippen LogP contribution in [0.15, 0.2) is 64.3 Å². The molecule has 2 unspecified atom stereocenters. The van der Waals surface area contributed by atoms with Crippen LogP contribution in [0.5, 0.6) is 0 Å². The predicted molar refractivity (Wildman–Crippen MR) is 126 cm³/mol. The van der Waals surface area contributed by atoms with Crippen LogP contribution in [-0.4, -0.2) is 31.6 Å². The van der Waals surface area contributed by atoms with Gasteiger partial charge < -0.3 is 14.8 Å². The number of dihydropyridines is 1. The molecule has 1 aromatic heterocycles. The standard InChI is InChI=1S/C25H26ClNO4S/c1-3-30-10-11-31-25(29)22-15(2)27-19-13-16(21-9-6-12-32-21)14-20(28)24(19)23(22)17-7-4-5-8-18(17)26/h4-9,12,16,23,27H,3,10-11,13-14H2,1-2H3. The Morgan fingerprint density at radius 2 is 2.00 bits per heavy atom. The van der Waals surface area contributed by atoms with E-state index < -0.39 is 11.9 Å². The second-order valence-corrected chi connectivity index (χ2v) is 9.27. The monoisotopic (exact) mass is 471 g/mol. The fraction of sp³-hybridized carbons (Fsp3) is 0.360. The molecule has 4 rings (SSSR count). The molecule has 0 fully saturated rings. The number of esters is 1. The van der Waals surface area contributed by atoms with Crippen molar-refractivity contribution in [3.05, 3.63) is 79.8 Å². The van der Waals surface area contributed by atoms with Gasteiger partial charge in [0.1, 0.15) is 6.61 Å². The van der Waals surface area contributed by atoms with Gasteiger partial charge in [0.2, 0.25) is 0 Å². The second kappa shape index (κ2) is 10.0. The minimum absolute atomic E-state index is 0.0363. The van der Waals surface area contributed by atoms with Crippen LogP contribution in [-0.2, 0) is 19.1 Å². The molecule has 1 aliphatic carbocycles. The quantitative estimate of drug-likeness (QED) is 0.436. The fourth-order valence-corrected chi connectivity index (χ4v) is 5.55. The van der Waals surface area contributed by atoms with Gasteiger partial charge in [0, 0.05) is 51.7 Å². The number of ketones is 1.